The highest BCUT2D eigenvalue weighted by Gasteiger charge is 2.30. The monoisotopic (exact) mass is 311 g/mol. The van der Waals surface area contributed by atoms with Crippen molar-refractivity contribution in [3.8, 4) is 11.1 Å². The average Bonchev–Trinajstić information content (AvgIpc) is 2.56. The minimum atomic E-state index is -0.451. The maximum atomic E-state index is 9.96. The van der Waals surface area contributed by atoms with Crippen LogP contribution in [0.3, 0.4) is 0 Å². The molecule has 0 heterocycles. The molecule has 0 amide bonds. The number of aliphatic hydroxyl groups excluding tert-OH is 1. The number of allylic oxidation sites excluding steroid dienone is 3. The lowest BCUT2D eigenvalue weighted by Gasteiger charge is -2.31. The molecule has 2 aromatic carbocycles. The van der Waals surface area contributed by atoms with Crippen LogP contribution in [0.15, 0.2) is 66.8 Å². The minimum Gasteiger partial charge on any atom is -0.398 e. The molecule has 0 bridgehead atoms. The maximum absolute atomic E-state index is 9.96. The normalized spacial score (nSPS) is 20.3. The number of aliphatic hydroxyl groups is 1. The lowest BCUT2D eigenvalue weighted by molar-refractivity contribution is 0.225. The first-order valence-electron chi connectivity index (χ1n) is 7.26. The molecule has 0 radical (unpaired) electrons. The third-order valence-electron chi connectivity index (χ3n) is 4.17. The molecular formula is C19H18ClNO. The molecule has 0 aromatic heterocycles. The lowest BCUT2D eigenvalue weighted by atomic mass is 9.74. The van der Waals surface area contributed by atoms with E-state index in [1.165, 1.54) is 0 Å². The number of halogens is 1. The van der Waals surface area contributed by atoms with E-state index >= 15 is 0 Å². The number of rotatable bonds is 3. The van der Waals surface area contributed by atoms with E-state index in [1.807, 2.05) is 54.6 Å². The van der Waals surface area contributed by atoms with Crippen molar-refractivity contribution in [2.45, 2.75) is 11.8 Å². The molecule has 3 N–H and O–H groups in total. The van der Waals surface area contributed by atoms with Gasteiger partial charge in [-0.3, -0.25) is 0 Å². The zero-order valence-electron chi connectivity index (χ0n) is 12.2. The molecule has 0 saturated heterocycles. The summed E-state index contributed by atoms with van der Waals surface area (Å²) in [7, 11) is 0. The van der Waals surface area contributed by atoms with E-state index in [1.54, 1.807) is 0 Å². The maximum Gasteiger partial charge on any atom is 0.0566 e. The summed E-state index contributed by atoms with van der Waals surface area (Å²) in [5, 5.41) is 10.7. The quantitative estimate of drug-likeness (QED) is 0.828. The van der Waals surface area contributed by atoms with Gasteiger partial charge < -0.3 is 10.8 Å². The SMILES string of the molecule is Nc1ccc(-c2cccc(Cl)c2)cc1C1(CO)C=CC=CC1. The van der Waals surface area contributed by atoms with Crippen molar-refractivity contribution in [2.24, 2.45) is 0 Å². The molecule has 2 aromatic rings. The number of nitrogen functional groups attached to an aromatic ring is 1. The fourth-order valence-electron chi connectivity index (χ4n) is 2.90. The van der Waals surface area contributed by atoms with Crippen LogP contribution in [0.1, 0.15) is 12.0 Å². The van der Waals surface area contributed by atoms with Gasteiger partial charge in [0.15, 0.2) is 0 Å². The third kappa shape index (κ3) is 2.68. The van der Waals surface area contributed by atoms with Gasteiger partial charge in [0.2, 0.25) is 0 Å². The van der Waals surface area contributed by atoms with Gasteiger partial charge in [-0.2, -0.15) is 0 Å². The van der Waals surface area contributed by atoms with Crippen LogP contribution in [0.4, 0.5) is 5.69 Å². The van der Waals surface area contributed by atoms with Crippen molar-refractivity contribution in [1.82, 2.24) is 0 Å². The Morgan fingerprint density at radius 1 is 1.09 bits per heavy atom. The summed E-state index contributed by atoms with van der Waals surface area (Å²) in [5.41, 5.74) is 9.47. The van der Waals surface area contributed by atoms with Gasteiger partial charge in [0.05, 0.1) is 6.61 Å². The second kappa shape index (κ2) is 5.99. The summed E-state index contributed by atoms with van der Waals surface area (Å²) in [4.78, 5) is 0. The molecule has 3 rings (SSSR count). The fraction of sp³-hybridized carbons (Fsp3) is 0.158. The Morgan fingerprint density at radius 2 is 1.91 bits per heavy atom. The summed E-state index contributed by atoms with van der Waals surface area (Å²) >= 11 is 6.08. The predicted molar refractivity (Wildman–Crippen MR) is 93.0 cm³/mol. The first kappa shape index (κ1) is 14.9. The fourth-order valence-corrected chi connectivity index (χ4v) is 3.09. The van der Waals surface area contributed by atoms with Crippen LogP contribution in [-0.4, -0.2) is 11.7 Å². The van der Waals surface area contributed by atoms with Crippen LogP contribution in [0.5, 0.6) is 0 Å². The molecule has 112 valence electrons. The van der Waals surface area contributed by atoms with Gasteiger partial charge in [0.25, 0.3) is 0 Å². The van der Waals surface area contributed by atoms with Gasteiger partial charge in [-0.15, -0.1) is 0 Å². The Morgan fingerprint density at radius 3 is 2.59 bits per heavy atom. The summed E-state index contributed by atoms with van der Waals surface area (Å²) in [6.45, 7) is 0.0248. The molecule has 1 atom stereocenters. The van der Waals surface area contributed by atoms with Crippen LogP contribution in [-0.2, 0) is 5.41 Å². The van der Waals surface area contributed by atoms with Gasteiger partial charge in [-0.25, -0.2) is 0 Å². The van der Waals surface area contributed by atoms with E-state index < -0.39 is 5.41 Å². The van der Waals surface area contributed by atoms with Crippen molar-refractivity contribution in [1.29, 1.82) is 0 Å². The molecular weight excluding hydrogens is 294 g/mol. The standard InChI is InChI=1S/C19H18ClNO/c20-16-6-4-5-14(11-16)15-7-8-18(21)17(12-15)19(13-22)9-2-1-3-10-19/h1-9,11-12,22H,10,13,21H2. The molecule has 22 heavy (non-hydrogen) atoms. The zero-order valence-corrected chi connectivity index (χ0v) is 12.9. The smallest absolute Gasteiger partial charge is 0.0566 e. The molecule has 1 unspecified atom stereocenters. The van der Waals surface area contributed by atoms with Gasteiger partial charge >= 0.3 is 0 Å². The molecule has 0 fully saturated rings. The molecule has 0 spiro atoms. The topological polar surface area (TPSA) is 46.2 Å². The molecule has 3 heteroatoms. The van der Waals surface area contributed by atoms with Crippen molar-refractivity contribution in [2.75, 3.05) is 12.3 Å². The van der Waals surface area contributed by atoms with Crippen molar-refractivity contribution >= 4 is 17.3 Å². The predicted octanol–water partition coefficient (Wildman–Crippen LogP) is 4.34. The largest absolute Gasteiger partial charge is 0.398 e. The Bertz CT molecular complexity index is 751. The first-order valence-corrected chi connectivity index (χ1v) is 7.64. The van der Waals surface area contributed by atoms with Crippen molar-refractivity contribution in [3.05, 3.63) is 77.4 Å². The van der Waals surface area contributed by atoms with Crippen LogP contribution in [0.25, 0.3) is 11.1 Å². The Hall–Kier alpha value is -2.03. The van der Waals surface area contributed by atoms with E-state index in [0.29, 0.717) is 10.7 Å². The summed E-state index contributed by atoms with van der Waals surface area (Å²) in [6, 6.07) is 13.7. The van der Waals surface area contributed by atoms with E-state index in [2.05, 4.69) is 12.1 Å². The summed E-state index contributed by atoms with van der Waals surface area (Å²) in [5.74, 6) is 0. The highest BCUT2D eigenvalue weighted by molar-refractivity contribution is 6.30. The molecule has 0 saturated carbocycles. The summed E-state index contributed by atoms with van der Waals surface area (Å²) < 4.78 is 0. The van der Waals surface area contributed by atoms with Gasteiger partial charge in [-0.05, 0) is 47.4 Å². The number of hydrogen-bond acceptors (Lipinski definition) is 2. The molecule has 1 aliphatic carbocycles. The Balaban J connectivity index is 2.11. The van der Waals surface area contributed by atoms with Crippen LogP contribution >= 0.6 is 11.6 Å². The van der Waals surface area contributed by atoms with E-state index in [4.69, 9.17) is 17.3 Å². The van der Waals surface area contributed by atoms with Crippen molar-refractivity contribution < 1.29 is 5.11 Å². The highest BCUT2D eigenvalue weighted by Crippen LogP contribution is 2.38. The molecule has 0 aliphatic heterocycles. The highest BCUT2D eigenvalue weighted by atomic mass is 35.5. The second-order valence-electron chi connectivity index (χ2n) is 5.62. The second-order valence-corrected chi connectivity index (χ2v) is 6.05. The van der Waals surface area contributed by atoms with Gasteiger partial charge in [-0.1, -0.05) is 54.1 Å². The minimum absolute atomic E-state index is 0.0248. The average molecular weight is 312 g/mol. The zero-order chi connectivity index (χ0) is 15.6. The number of benzene rings is 2. The number of nitrogens with two attached hydrogens (primary N) is 1. The van der Waals surface area contributed by atoms with E-state index in [-0.39, 0.29) is 6.61 Å². The van der Waals surface area contributed by atoms with E-state index in [0.717, 1.165) is 23.1 Å². The van der Waals surface area contributed by atoms with Crippen molar-refractivity contribution in [3.63, 3.8) is 0 Å². The third-order valence-corrected chi connectivity index (χ3v) is 4.41. The first-order chi connectivity index (χ1) is 10.6. The number of hydrogen-bond donors (Lipinski definition) is 2. The van der Waals surface area contributed by atoms with Gasteiger partial charge in [0.1, 0.15) is 0 Å². The molecule has 2 nitrogen and oxygen atoms in total. The Kier molecular flexibility index (Phi) is 4.06. The molecule has 1 aliphatic rings. The Labute approximate surface area is 135 Å². The lowest BCUT2D eigenvalue weighted by Crippen LogP contribution is -2.29. The number of anilines is 1. The van der Waals surface area contributed by atoms with Crippen LogP contribution in [0.2, 0.25) is 5.02 Å². The van der Waals surface area contributed by atoms with Crippen LogP contribution < -0.4 is 5.73 Å². The van der Waals surface area contributed by atoms with Gasteiger partial charge in [0, 0.05) is 16.1 Å². The van der Waals surface area contributed by atoms with E-state index in [9.17, 15) is 5.11 Å². The van der Waals surface area contributed by atoms with Crippen LogP contribution in [0, 0.1) is 0 Å². The summed E-state index contributed by atoms with van der Waals surface area (Å²) in [6.07, 6.45) is 8.78.